The molecule has 2 aromatic carbocycles. The molecule has 0 bridgehead atoms. The summed E-state index contributed by atoms with van der Waals surface area (Å²) in [7, 11) is 0. The van der Waals surface area contributed by atoms with Gasteiger partial charge >= 0.3 is 24.1 Å². The molecule has 0 saturated carbocycles. The number of carbonyl (C=O) groups excluding carboxylic acids is 2. The molecule has 0 spiro atoms. The van der Waals surface area contributed by atoms with Gasteiger partial charge in [-0.1, -0.05) is 11.1 Å². The number of non-ortho nitro benzene ring substituents is 2. The Balaban J connectivity index is 0.000000520. The smallest absolute Gasteiger partial charge is 0.408 e. The van der Waals surface area contributed by atoms with Gasteiger partial charge < -0.3 is 30.3 Å². The third-order valence-electron chi connectivity index (χ3n) is 7.30. The van der Waals surface area contributed by atoms with Crippen molar-refractivity contribution in [3.05, 3.63) is 91.0 Å². The van der Waals surface area contributed by atoms with Gasteiger partial charge in [-0.05, 0) is 129 Å². The van der Waals surface area contributed by atoms with E-state index in [0.29, 0.717) is 0 Å². The summed E-state index contributed by atoms with van der Waals surface area (Å²) in [6.45, 7) is 17.2. The summed E-state index contributed by atoms with van der Waals surface area (Å²) < 4.78 is 10.2. The maximum absolute atomic E-state index is 11.8. The molecule has 284 valence electrons. The van der Waals surface area contributed by atoms with E-state index in [-0.39, 0.29) is 24.2 Å². The molecule has 2 aromatic rings. The minimum Gasteiger partial charge on any atom is -0.480 e. The first-order valence-electron chi connectivity index (χ1n) is 16.1. The second-order valence-corrected chi connectivity index (χ2v) is 13.9. The molecule has 0 aliphatic rings. The minimum atomic E-state index is -1.17. The molecule has 52 heavy (non-hydrogen) atoms. The number of allylic oxidation sites excluding steroid dienone is 2. The van der Waals surface area contributed by atoms with E-state index in [2.05, 4.69) is 10.6 Å². The van der Waals surface area contributed by atoms with Gasteiger partial charge in [-0.15, -0.1) is 0 Å². The largest absolute Gasteiger partial charge is 0.480 e. The van der Waals surface area contributed by atoms with Crippen LogP contribution in [0.4, 0.5) is 21.0 Å². The molecule has 2 rings (SSSR count). The van der Waals surface area contributed by atoms with E-state index < -0.39 is 57.3 Å². The molecule has 0 unspecified atom stereocenters. The quantitative estimate of drug-likeness (QED) is 0.123. The fourth-order valence-corrected chi connectivity index (χ4v) is 4.38. The standard InChI is InChI=1S/2C18H24N2O6/c2*1-11(12(2)13-6-8-14(9-7-13)20(24)25)10-15(16(21)22)19-17(23)26-18(3,4)5/h2*6-9,15H,10H2,1-5H3,(H,19,23)(H,21,22)/b12-11+;12-11-/t2*15-/m00/s1. The first-order chi connectivity index (χ1) is 23.8. The number of rotatable bonds is 12. The van der Waals surface area contributed by atoms with Crippen LogP contribution in [0.15, 0.2) is 59.7 Å². The van der Waals surface area contributed by atoms with E-state index in [9.17, 15) is 49.6 Å². The van der Waals surface area contributed by atoms with E-state index in [1.165, 1.54) is 24.3 Å². The van der Waals surface area contributed by atoms with Crippen molar-refractivity contribution in [1.29, 1.82) is 0 Å². The molecule has 0 heterocycles. The SMILES string of the molecule is C/C(C[C@H](NC(=O)OC(C)(C)C)C(=O)O)=C(/C)c1ccc([N+](=O)[O-])cc1.C/C(C[C@H](NC(=O)OC(C)(C)C)C(=O)O)=C(\C)c1ccc([N+](=O)[O-])cc1. The lowest BCUT2D eigenvalue weighted by atomic mass is 9.97. The van der Waals surface area contributed by atoms with Crippen LogP contribution < -0.4 is 10.6 Å². The number of carbonyl (C=O) groups is 4. The molecule has 2 amide bonds. The second-order valence-electron chi connectivity index (χ2n) is 13.9. The number of benzene rings is 2. The van der Waals surface area contributed by atoms with Crippen LogP contribution in [0.5, 0.6) is 0 Å². The highest BCUT2D eigenvalue weighted by Crippen LogP contribution is 2.25. The van der Waals surface area contributed by atoms with Gasteiger partial charge in [0, 0.05) is 24.3 Å². The zero-order valence-corrected chi connectivity index (χ0v) is 31.1. The number of nitro groups is 2. The number of hydrogen-bond acceptors (Lipinski definition) is 10. The highest BCUT2D eigenvalue weighted by molar-refractivity contribution is 5.82. The van der Waals surface area contributed by atoms with Crippen LogP contribution >= 0.6 is 0 Å². The summed E-state index contributed by atoms with van der Waals surface area (Å²) in [4.78, 5) is 67.0. The summed E-state index contributed by atoms with van der Waals surface area (Å²) in [5.41, 5.74) is 3.05. The van der Waals surface area contributed by atoms with Crippen molar-refractivity contribution in [2.75, 3.05) is 0 Å². The first-order valence-corrected chi connectivity index (χ1v) is 16.1. The Bertz CT molecular complexity index is 1560. The lowest BCUT2D eigenvalue weighted by molar-refractivity contribution is -0.385. The minimum absolute atomic E-state index is 0.0193. The fourth-order valence-electron chi connectivity index (χ4n) is 4.38. The maximum atomic E-state index is 11.8. The van der Waals surface area contributed by atoms with Crippen LogP contribution in [-0.4, -0.2) is 67.5 Å². The van der Waals surface area contributed by atoms with Gasteiger partial charge in [0.05, 0.1) is 9.85 Å². The van der Waals surface area contributed by atoms with Crippen LogP contribution in [-0.2, 0) is 19.1 Å². The Labute approximate surface area is 302 Å². The summed E-state index contributed by atoms with van der Waals surface area (Å²) in [5, 5.41) is 44.8. The molecule has 0 aliphatic heterocycles. The summed E-state index contributed by atoms with van der Waals surface area (Å²) in [6, 6.07) is 9.69. The Morgan fingerprint density at radius 1 is 0.615 bits per heavy atom. The number of carboxylic acids is 2. The number of alkyl carbamates (subject to hydrolysis) is 2. The van der Waals surface area contributed by atoms with Gasteiger partial charge in [0.15, 0.2) is 0 Å². The Kier molecular flexibility index (Phi) is 16.1. The highest BCUT2D eigenvalue weighted by Gasteiger charge is 2.26. The Morgan fingerprint density at radius 3 is 1.10 bits per heavy atom. The van der Waals surface area contributed by atoms with Crippen molar-refractivity contribution in [2.24, 2.45) is 0 Å². The predicted molar refractivity (Wildman–Crippen MR) is 194 cm³/mol. The number of ether oxygens (including phenoxy) is 2. The normalized spacial score (nSPS) is 13.4. The number of aliphatic carboxylic acids is 2. The van der Waals surface area contributed by atoms with Crippen molar-refractivity contribution in [3.8, 4) is 0 Å². The average molecular weight is 729 g/mol. The zero-order chi connectivity index (χ0) is 40.1. The second kappa shape index (κ2) is 19.0. The first kappa shape index (κ1) is 44.2. The number of amides is 2. The van der Waals surface area contributed by atoms with Crippen LogP contribution in [0.3, 0.4) is 0 Å². The Morgan fingerprint density at radius 2 is 0.885 bits per heavy atom. The lowest BCUT2D eigenvalue weighted by Crippen LogP contribution is -2.43. The average Bonchev–Trinajstić information content (AvgIpc) is 3.01. The monoisotopic (exact) mass is 728 g/mol. The van der Waals surface area contributed by atoms with Crippen molar-refractivity contribution in [1.82, 2.24) is 10.6 Å². The van der Waals surface area contributed by atoms with Crippen LogP contribution in [0.25, 0.3) is 11.1 Å². The molecule has 0 aliphatic carbocycles. The maximum Gasteiger partial charge on any atom is 0.408 e. The molecule has 4 N–H and O–H groups in total. The van der Waals surface area contributed by atoms with Gasteiger partial charge in [-0.25, -0.2) is 19.2 Å². The van der Waals surface area contributed by atoms with Crippen LogP contribution in [0, 0.1) is 20.2 Å². The molecular weight excluding hydrogens is 680 g/mol. The van der Waals surface area contributed by atoms with Crippen LogP contribution in [0.2, 0.25) is 0 Å². The number of nitro benzene ring substituents is 2. The summed E-state index contributed by atoms with van der Waals surface area (Å²) in [5.74, 6) is -2.35. The summed E-state index contributed by atoms with van der Waals surface area (Å²) >= 11 is 0. The molecule has 0 fully saturated rings. The molecular formula is C36H48N4O12. The molecule has 0 radical (unpaired) electrons. The molecule has 16 nitrogen and oxygen atoms in total. The van der Waals surface area contributed by atoms with Gasteiger partial charge in [0.25, 0.3) is 11.4 Å². The number of hydrogen-bond donors (Lipinski definition) is 4. The zero-order valence-electron chi connectivity index (χ0n) is 31.1. The van der Waals surface area contributed by atoms with E-state index in [1.807, 2.05) is 0 Å². The van der Waals surface area contributed by atoms with Gasteiger partial charge in [-0.2, -0.15) is 0 Å². The van der Waals surface area contributed by atoms with E-state index in [0.717, 1.165) is 33.4 Å². The highest BCUT2D eigenvalue weighted by atomic mass is 16.6. The van der Waals surface area contributed by atoms with Gasteiger partial charge in [-0.3, -0.25) is 20.2 Å². The number of nitrogens with zero attached hydrogens (tertiary/aromatic N) is 2. The van der Waals surface area contributed by atoms with Gasteiger partial charge in [0.1, 0.15) is 23.3 Å². The molecule has 0 aromatic heterocycles. The fraction of sp³-hybridized carbons (Fsp3) is 0.444. The van der Waals surface area contributed by atoms with E-state index in [4.69, 9.17) is 9.47 Å². The van der Waals surface area contributed by atoms with E-state index >= 15 is 0 Å². The molecule has 0 saturated heterocycles. The van der Waals surface area contributed by atoms with Crippen molar-refractivity contribution >= 4 is 46.6 Å². The van der Waals surface area contributed by atoms with E-state index in [1.54, 1.807) is 93.5 Å². The predicted octanol–water partition coefficient (Wildman–Crippen LogP) is 7.51. The third-order valence-corrected chi connectivity index (χ3v) is 7.30. The van der Waals surface area contributed by atoms with Crippen molar-refractivity contribution < 1.29 is 48.7 Å². The Hall–Kier alpha value is -5.80. The number of nitrogens with one attached hydrogen (secondary N) is 2. The van der Waals surface area contributed by atoms with Crippen molar-refractivity contribution in [3.63, 3.8) is 0 Å². The molecule has 2 atom stereocenters. The summed E-state index contributed by atoms with van der Waals surface area (Å²) in [6.07, 6.45) is -1.44. The lowest BCUT2D eigenvalue weighted by Gasteiger charge is -2.22. The number of carboxylic acid groups (broad SMARTS) is 2. The molecule has 16 heteroatoms. The third kappa shape index (κ3) is 15.8. The van der Waals surface area contributed by atoms with Crippen LogP contribution in [0.1, 0.15) is 93.2 Å². The van der Waals surface area contributed by atoms with Gasteiger partial charge in [0.2, 0.25) is 0 Å². The topological polar surface area (TPSA) is 238 Å². The van der Waals surface area contributed by atoms with Crippen molar-refractivity contribution in [2.45, 2.75) is 105 Å².